The maximum absolute atomic E-state index is 12.4. The molecule has 1 amide bonds. The summed E-state index contributed by atoms with van der Waals surface area (Å²) < 4.78 is 69.1. The number of halogens is 3. The van der Waals surface area contributed by atoms with Gasteiger partial charge in [0, 0.05) is 5.92 Å². The van der Waals surface area contributed by atoms with Crippen LogP contribution in [0.5, 0.6) is 0 Å². The zero-order chi connectivity index (χ0) is 16.5. The first-order chi connectivity index (χ1) is 10.1. The molecule has 2 fully saturated rings. The van der Waals surface area contributed by atoms with E-state index in [4.69, 9.17) is 15.3 Å². The molecule has 128 valence electrons. The number of sulfonamides is 1. The molecule has 2 aliphatic rings. The van der Waals surface area contributed by atoms with Gasteiger partial charge in [-0.2, -0.15) is 26.0 Å². The molecular weight excluding hydrogens is 329 g/mol. The molecule has 1 heterocycles. The first-order valence-corrected chi connectivity index (χ1v) is 8.20. The predicted octanol–water partition coefficient (Wildman–Crippen LogP) is 0.512. The van der Waals surface area contributed by atoms with Gasteiger partial charge in [-0.1, -0.05) is 0 Å². The number of hydrazine groups is 1. The number of carbonyl (C=O) groups is 1. The van der Waals surface area contributed by atoms with Gasteiger partial charge in [0.2, 0.25) is 0 Å². The van der Waals surface area contributed by atoms with E-state index in [2.05, 4.69) is 0 Å². The highest BCUT2D eigenvalue weighted by molar-refractivity contribution is 7.90. The minimum atomic E-state index is -5.84. The van der Waals surface area contributed by atoms with Crippen LogP contribution in [0.15, 0.2) is 0 Å². The molecule has 0 bridgehead atoms. The molecule has 22 heavy (non-hydrogen) atoms. The first-order valence-electron chi connectivity index (χ1n) is 6.76. The van der Waals surface area contributed by atoms with Gasteiger partial charge in [0.15, 0.2) is 0 Å². The van der Waals surface area contributed by atoms with Gasteiger partial charge in [0.1, 0.15) is 6.10 Å². The highest BCUT2D eigenvalue weighted by Crippen LogP contribution is 2.31. The molecule has 7 nitrogen and oxygen atoms in total. The van der Waals surface area contributed by atoms with Gasteiger partial charge in [0.25, 0.3) is 5.91 Å². The Morgan fingerprint density at radius 2 is 1.82 bits per heavy atom. The first kappa shape index (κ1) is 17.4. The standard InChI is InChI=1S/C11H17F3N2O5S/c12-11(13,14)22(18,19)16(15)10(17)7-1-3-8(4-2-7)20-5-9-6-21-9/h7-9H,1-6,15H2. The van der Waals surface area contributed by atoms with Crippen LogP contribution in [0, 0.1) is 5.92 Å². The highest BCUT2D eigenvalue weighted by Gasteiger charge is 2.52. The van der Waals surface area contributed by atoms with Crippen LogP contribution >= 0.6 is 0 Å². The van der Waals surface area contributed by atoms with Crippen molar-refractivity contribution in [1.82, 2.24) is 4.41 Å². The molecule has 0 aromatic carbocycles. The van der Waals surface area contributed by atoms with E-state index >= 15 is 0 Å². The van der Waals surface area contributed by atoms with Crippen LogP contribution in [0.2, 0.25) is 0 Å². The van der Waals surface area contributed by atoms with Crippen molar-refractivity contribution in [3.63, 3.8) is 0 Å². The zero-order valence-corrected chi connectivity index (χ0v) is 12.4. The van der Waals surface area contributed by atoms with Gasteiger partial charge in [-0.3, -0.25) is 4.79 Å². The van der Waals surface area contributed by atoms with Crippen LogP contribution in [0.4, 0.5) is 13.2 Å². The molecule has 0 aromatic rings. The maximum atomic E-state index is 12.4. The lowest BCUT2D eigenvalue weighted by atomic mass is 9.87. The van der Waals surface area contributed by atoms with Gasteiger partial charge in [0.05, 0.1) is 19.3 Å². The Bertz CT molecular complexity index is 512. The van der Waals surface area contributed by atoms with E-state index in [1.165, 1.54) is 0 Å². The van der Waals surface area contributed by atoms with Crippen molar-refractivity contribution in [2.75, 3.05) is 13.2 Å². The van der Waals surface area contributed by atoms with Gasteiger partial charge < -0.3 is 9.47 Å². The van der Waals surface area contributed by atoms with Gasteiger partial charge in [-0.25, -0.2) is 5.84 Å². The number of alkyl halides is 3. The zero-order valence-electron chi connectivity index (χ0n) is 11.6. The number of carbonyl (C=O) groups excluding carboxylic acids is 1. The maximum Gasteiger partial charge on any atom is 0.518 e. The minimum Gasteiger partial charge on any atom is -0.375 e. The van der Waals surface area contributed by atoms with E-state index in [9.17, 15) is 26.4 Å². The Morgan fingerprint density at radius 1 is 1.27 bits per heavy atom. The summed E-state index contributed by atoms with van der Waals surface area (Å²) in [7, 11) is -5.84. The molecule has 0 spiro atoms. The Balaban J connectivity index is 1.86. The van der Waals surface area contributed by atoms with Crippen molar-refractivity contribution < 1.29 is 35.9 Å². The molecule has 0 aromatic heterocycles. The fourth-order valence-corrected chi connectivity index (χ4v) is 2.90. The SMILES string of the molecule is NN(C(=O)C1CCC(OCC2CO2)CC1)S(=O)(=O)C(F)(F)F. The van der Waals surface area contributed by atoms with Crippen LogP contribution in [0.1, 0.15) is 25.7 Å². The van der Waals surface area contributed by atoms with Crippen molar-refractivity contribution >= 4 is 15.9 Å². The minimum absolute atomic E-state index is 0.0984. The number of amides is 1. The smallest absolute Gasteiger partial charge is 0.375 e. The van der Waals surface area contributed by atoms with Crippen LogP contribution < -0.4 is 5.84 Å². The monoisotopic (exact) mass is 346 g/mol. The third-order valence-corrected chi connectivity index (χ3v) is 5.00. The third-order valence-electron chi connectivity index (χ3n) is 3.71. The van der Waals surface area contributed by atoms with Gasteiger partial charge in [-0.15, -0.1) is 0 Å². The summed E-state index contributed by atoms with van der Waals surface area (Å²) in [4.78, 5) is 11.8. The lowest BCUT2D eigenvalue weighted by molar-refractivity contribution is -0.134. The van der Waals surface area contributed by atoms with Crippen molar-refractivity contribution in [3.05, 3.63) is 0 Å². The number of nitrogens with zero attached hydrogens (tertiary/aromatic N) is 1. The number of ether oxygens (including phenoxy) is 2. The lowest BCUT2D eigenvalue weighted by Gasteiger charge is -2.29. The lowest BCUT2D eigenvalue weighted by Crippen LogP contribution is -2.51. The largest absolute Gasteiger partial charge is 0.518 e. The highest BCUT2D eigenvalue weighted by atomic mass is 32.2. The van der Waals surface area contributed by atoms with E-state index in [0.717, 1.165) is 0 Å². The second-order valence-corrected chi connectivity index (χ2v) is 7.15. The Labute approximate surface area is 125 Å². The average Bonchev–Trinajstić information content (AvgIpc) is 3.27. The summed E-state index contributed by atoms with van der Waals surface area (Å²) in [5.74, 6) is 2.80. The fraction of sp³-hybridized carbons (Fsp3) is 0.909. The van der Waals surface area contributed by atoms with E-state index in [0.29, 0.717) is 26.1 Å². The van der Waals surface area contributed by atoms with Crippen LogP contribution in [-0.2, 0) is 24.3 Å². The summed E-state index contributed by atoms with van der Waals surface area (Å²) in [6.45, 7) is 1.11. The Morgan fingerprint density at radius 3 is 2.27 bits per heavy atom. The number of hydrogen-bond donors (Lipinski definition) is 1. The molecule has 1 atom stereocenters. The van der Waals surface area contributed by atoms with Crippen LogP contribution in [0.25, 0.3) is 0 Å². The molecule has 2 N–H and O–H groups in total. The molecule has 1 saturated carbocycles. The summed E-state index contributed by atoms with van der Waals surface area (Å²) in [5, 5.41) is 0. The van der Waals surface area contributed by atoms with E-state index < -0.39 is 31.8 Å². The molecule has 0 radical (unpaired) electrons. The Hall–Kier alpha value is -0.910. The third kappa shape index (κ3) is 3.89. The van der Waals surface area contributed by atoms with E-state index in [1.54, 1.807) is 0 Å². The molecule has 1 unspecified atom stereocenters. The topological polar surface area (TPSA) is 102 Å². The van der Waals surface area contributed by atoms with Gasteiger partial charge >= 0.3 is 15.5 Å². The molecule has 2 rings (SSSR count). The summed E-state index contributed by atoms with van der Waals surface area (Å²) in [5.41, 5.74) is -5.60. The number of hydrogen-bond acceptors (Lipinski definition) is 6. The number of rotatable bonds is 5. The summed E-state index contributed by atoms with van der Waals surface area (Å²) >= 11 is 0. The van der Waals surface area contributed by atoms with Crippen molar-refractivity contribution in [2.45, 2.75) is 43.4 Å². The number of nitrogens with two attached hydrogens (primary N) is 1. The van der Waals surface area contributed by atoms with E-state index in [-0.39, 0.29) is 25.0 Å². The number of epoxide rings is 1. The molecule has 1 aliphatic heterocycles. The van der Waals surface area contributed by atoms with Crippen LogP contribution in [0.3, 0.4) is 0 Å². The summed E-state index contributed by atoms with van der Waals surface area (Å²) in [6, 6.07) is 0. The molecule has 1 aliphatic carbocycles. The van der Waals surface area contributed by atoms with Crippen LogP contribution in [-0.4, -0.2) is 49.7 Å². The second-order valence-electron chi connectivity index (χ2n) is 5.35. The normalized spacial score (nSPS) is 29.2. The average molecular weight is 346 g/mol. The quantitative estimate of drug-likeness (QED) is 0.337. The molecular formula is C11H17F3N2O5S. The predicted molar refractivity (Wildman–Crippen MR) is 67.4 cm³/mol. The second kappa shape index (κ2) is 6.30. The molecule has 1 saturated heterocycles. The molecule has 11 heteroatoms. The fourth-order valence-electron chi connectivity index (χ4n) is 2.29. The Kier molecular flexibility index (Phi) is 5.00. The summed E-state index contributed by atoms with van der Waals surface area (Å²) in [6.07, 6.45) is 1.40. The van der Waals surface area contributed by atoms with Crippen molar-refractivity contribution in [3.8, 4) is 0 Å². The van der Waals surface area contributed by atoms with Crippen molar-refractivity contribution in [1.29, 1.82) is 0 Å². The van der Waals surface area contributed by atoms with Crippen molar-refractivity contribution in [2.24, 2.45) is 11.8 Å². The van der Waals surface area contributed by atoms with Gasteiger partial charge in [-0.05, 0) is 25.7 Å². The van der Waals surface area contributed by atoms with E-state index in [1.807, 2.05) is 0 Å².